The summed E-state index contributed by atoms with van der Waals surface area (Å²) >= 11 is 1.58. The van der Waals surface area contributed by atoms with E-state index in [1.165, 1.54) is 0 Å². The number of para-hydroxylation sites is 1. The monoisotopic (exact) mass is 285 g/mol. The van der Waals surface area contributed by atoms with Gasteiger partial charge < -0.3 is 9.64 Å². The second kappa shape index (κ2) is 5.67. The van der Waals surface area contributed by atoms with E-state index in [0.717, 1.165) is 22.7 Å². The Morgan fingerprint density at radius 2 is 2.15 bits per heavy atom. The van der Waals surface area contributed by atoms with Crippen LogP contribution < -0.4 is 4.90 Å². The van der Waals surface area contributed by atoms with E-state index in [-0.39, 0.29) is 6.23 Å². The van der Waals surface area contributed by atoms with E-state index < -0.39 is 0 Å². The lowest BCUT2D eigenvalue weighted by atomic mass is 10.1. The van der Waals surface area contributed by atoms with Crippen LogP contribution in [0.5, 0.6) is 0 Å². The molecule has 2 heterocycles. The average molecular weight is 285 g/mol. The van der Waals surface area contributed by atoms with Crippen molar-refractivity contribution in [1.29, 1.82) is 0 Å². The number of thiazole rings is 1. The Bertz CT molecular complexity index is 578. The second-order valence-electron chi connectivity index (χ2n) is 5.21. The lowest BCUT2D eigenvalue weighted by Gasteiger charge is -2.25. The molecule has 1 aromatic carbocycles. The van der Waals surface area contributed by atoms with Gasteiger partial charge in [-0.1, -0.05) is 32.0 Å². The molecule has 0 fully saturated rings. The highest BCUT2D eigenvalue weighted by atomic mass is 32.1. The van der Waals surface area contributed by atoms with Crippen molar-refractivity contribution in [2.45, 2.75) is 26.5 Å². The standard InChI is InChI=1S/C16H17N2OS/c1-12(2)8-16-18(13-6-4-3-5-7-13)10-14(19-16)15-9-17-11-20-15/h3-7,9,11-12,16H,8H2,1-2H3. The number of benzene rings is 1. The van der Waals surface area contributed by atoms with Crippen LogP contribution in [0.1, 0.15) is 25.1 Å². The predicted molar refractivity (Wildman–Crippen MR) is 82.0 cm³/mol. The smallest absolute Gasteiger partial charge is 0.177 e. The summed E-state index contributed by atoms with van der Waals surface area (Å²) in [6, 6.07) is 10.3. The van der Waals surface area contributed by atoms with E-state index in [4.69, 9.17) is 4.74 Å². The first-order valence-electron chi connectivity index (χ1n) is 6.77. The van der Waals surface area contributed by atoms with Gasteiger partial charge >= 0.3 is 0 Å². The van der Waals surface area contributed by atoms with Crippen LogP contribution in [-0.4, -0.2) is 11.2 Å². The number of aromatic nitrogens is 1. The fourth-order valence-electron chi connectivity index (χ4n) is 2.21. The van der Waals surface area contributed by atoms with E-state index in [1.807, 2.05) is 29.9 Å². The lowest BCUT2D eigenvalue weighted by Crippen LogP contribution is -2.29. The van der Waals surface area contributed by atoms with Crippen LogP contribution in [0, 0.1) is 12.1 Å². The Balaban J connectivity index is 1.90. The molecule has 3 rings (SSSR count). The van der Waals surface area contributed by atoms with Gasteiger partial charge in [0.1, 0.15) is 6.20 Å². The molecule has 1 radical (unpaired) electrons. The predicted octanol–water partition coefficient (Wildman–Crippen LogP) is 4.15. The van der Waals surface area contributed by atoms with Crippen LogP contribution >= 0.6 is 11.3 Å². The molecule has 1 aliphatic rings. The molecular weight excluding hydrogens is 268 g/mol. The number of hydrogen-bond donors (Lipinski definition) is 0. The highest BCUT2D eigenvalue weighted by Gasteiger charge is 2.29. The van der Waals surface area contributed by atoms with Crippen molar-refractivity contribution >= 4 is 22.8 Å². The van der Waals surface area contributed by atoms with Crippen LogP contribution in [0.4, 0.5) is 5.69 Å². The molecular formula is C16H17N2OS. The second-order valence-corrected chi connectivity index (χ2v) is 6.10. The highest BCUT2D eigenvalue weighted by molar-refractivity contribution is 7.10. The summed E-state index contributed by atoms with van der Waals surface area (Å²) in [7, 11) is 0. The summed E-state index contributed by atoms with van der Waals surface area (Å²) < 4.78 is 6.09. The molecule has 1 aliphatic heterocycles. The van der Waals surface area contributed by atoms with Crippen molar-refractivity contribution in [3.8, 4) is 0 Å². The maximum Gasteiger partial charge on any atom is 0.177 e. The fraction of sp³-hybridized carbons (Fsp3) is 0.312. The quantitative estimate of drug-likeness (QED) is 0.843. The molecule has 0 spiro atoms. The van der Waals surface area contributed by atoms with E-state index in [2.05, 4.69) is 42.1 Å². The van der Waals surface area contributed by atoms with Gasteiger partial charge in [-0.05, 0) is 18.1 Å². The summed E-state index contributed by atoms with van der Waals surface area (Å²) in [6.45, 7) is 4.41. The van der Waals surface area contributed by atoms with Crippen molar-refractivity contribution in [3.05, 3.63) is 53.1 Å². The Hall–Kier alpha value is -1.81. The van der Waals surface area contributed by atoms with Crippen molar-refractivity contribution in [1.82, 2.24) is 4.98 Å². The minimum Gasteiger partial charge on any atom is -0.466 e. The van der Waals surface area contributed by atoms with Gasteiger partial charge in [0.15, 0.2) is 12.0 Å². The Labute approximate surface area is 123 Å². The zero-order chi connectivity index (χ0) is 13.9. The minimum atomic E-state index is 0.00880. The van der Waals surface area contributed by atoms with Crippen LogP contribution in [0.15, 0.2) is 42.0 Å². The van der Waals surface area contributed by atoms with Gasteiger partial charge in [-0.2, -0.15) is 0 Å². The SMILES string of the molecule is CC(C)CC1OC(c2cncs2)=[C]N1c1ccccc1. The zero-order valence-electron chi connectivity index (χ0n) is 11.6. The Kier molecular flexibility index (Phi) is 3.74. The highest BCUT2D eigenvalue weighted by Crippen LogP contribution is 2.34. The molecule has 3 nitrogen and oxygen atoms in total. The first-order chi connectivity index (χ1) is 9.74. The molecule has 103 valence electrons. The zero-order valence-corrected chi connectivity index (χ0v) is 12.4. The largest absolute Gasteiger partial charge is 0.466 e. The molecule has 2 aromatic rings. The molecule has 0 bridgehead atoms. The number of rotatable bonds is 4. The van der Waals surface area contributed by atoms with E-state index in [1.54, 1.807) is 11.3 Å². The maximum absolute atomic E-state index is 6.09. The third-order valence-electron chi connectivity index (χ3n) is 3.13. The van der Waals surface area contributed by atoms with Crippen molar-refractivity contribution in [3.63, 3.8) is 0 Å². The minimum absolute atomic E-state index is 0.00880. The van der Waals surface area contributed by atoms with E-state index in [0.29, 0.717) is 5.92 Å². The first-order valence-corrected chi connectivity index (χ1v) is 7.65. The molecule has 1 aromatic heterocycles. The number of nitrogens with zero attached hydrogens (tertiary/aromatic N) is 2. The molecule has 0 N–H and O–H groups in total. The molecule has 0 saturated carbocycles. The van der Waals surface area contributed by atoms with Crippen LogP contribution in [-0.2, 0) is 4.74 Å². The maximum atomic E-state index is 6.09. The normalized spacial score (nSPS) is 18.2. The van der Waals surface area contributed by atoms with Gasteiger partial charge in [-0.15, -0.1) is 11.3 Å². The summed E-state index contributed by atoms with van der Waals surface area (Å²) in [5.41, 5.74) is 2.92. The van der Waals surface area contributed by atoms with Gasteiger partial charge in [-0.3, -0.25) is 4.98 Å². The van der Waals surface area contributed by atoms with Gasteiger partial charge in [0.05, 0.1) is 10.4 Å². The summed E-state index contributed by atoms with van der Waals surface area (Å²) in [6.07, 6.45) is 6.16. The molecule has 4 heteroatoms. The molecule has 1 unspecified atom stereocenters. The summed E-state index contributed by atoms with van der Waals surface area (Å²) in [4.78, 5) is 7.23. The number of anilines is 1. The number of hydrogen-bond acceptors (Lipinski definition) is 4. The third-order valence-corrected chi connectivity index (χ3v) is 3.90. The van der Waals surface area contributed by atoms with Crippen LogP contribution in [0.25, 0.3) is 5.76 Å². The van der Waals surface area contributed by atoms with Gasteiger partial charge in [0.2, 0.25) is 0 Å². The van der Waals surface area contributed by atoms with Crippen molar-refractivity contribution < 1.29 is 4.74 Å². The Morgan fingerprint density at radius 1 is 1.35 bits per heavy atom. The van der Waals surface area contributed by atoms with E-state index >= 15 is 0 Å². The number of ether oxygens (including phenoxy) is 1. The van der Waals surface area contributed by atoms with Gasteiger partial charge in [-0.25, -0.2) is 0 Å². The van der Waals surface area contributed by atoms with Crippen LogP contribution in [0.2, 0.25) is 0 Å². The van der Waals surface area contributed by atoms with Gasteiger partial charge in [0.25, 0.3) is 0 Å². The van der Waals surface area contributed by atoms with E-state index in [9.17, 15) is 0 Å². The Morgan fingerprint density at radius 3 is 2.80 bits per heavy atom. The fourth-order valence-corrected chi connectivity index (χ4v) is 2.77. The van der Waals surface area contributed by atoms with Gasteiger partial charge in [0, 0.05) is 18.3 Å². The summed E-state index contributed by atoms with van der Waals surface area (Å²) in [5, 5.41) is 0. The first kappa shape index (κ1) is 13.2. The van der Waals surface area contributed by atoms with Crippen LogP contribution in [0.3, 0.4) is 0 Å². The molecule has 0 aliphatic carbocycles. The molecule has 0 amide bonds. The third kappa shape index (κ3) is 2.70. The average Bonchev–Trinajstić information content (AvgIpc) is 3.08. The molecule has 1 atom stereocenters. The summed E-state index contributed by atoms with van der Waals surface area (Å²) in [5.74, 6) is 1.36. The topological polar surface area (TPSA) is 25.4 Å². The molecule has 0 saturated heterocycles. The lowest BCUT2D eigenvalue weighted by molar-refractivity contribution is 0.166. The molecule has 20 heavy (non-hydrogen) atoms. The van der Waals surface area contributed by atoms with Crippen molar-refractivity contribution in [2.24, 2.45) is 5.92 Å². The van der Waals surface area contributed by atoms with Crippen molar-refractivity contribution in [2.75, 3.05) is 4.90 Å².